The molecule has 1 amide bonds. The van der Waals surface area contributed by atoms with Crippen LogP contribution in [0.25, 0.3) is 0 Å². The first kappa shape index (κ1) is 16.4. The summed E-state index contributed by atoms with van der Waals surface area (Å²) in [5.74, 6) is 0.273. The minimum Gasteiger partial charge on any atom is -0.343 e. The molecule has 1 saturated carbocycles. The summed E-state index contributed by atoms with van der Waals surface area (Å²) in [6, 6.07) is 7.16. The van der Waals surface area contributed by atoms with E-state index in [9.17, 15) is 9.59 Å². The monoisotopic (exact) mass is 325 g/mol. The number of rotatable bonds is 5. The van der Waals surface area contributed by atoms with Crippen molar-refractivity contribution < 1.29 is 4.79 Å². The van der Waals surface area contributed by atoms with Gasteiger partial charge in [0.05, 0.1) is 11.7 Å². The van der Waals surface area contributed by atoms with E-state index in [1.54, 1.807) is 18.3 Å². The highest BCUT2D eigenvalue weighted by atomic mass is 16.2. The Hall–Kier alpha value is -2.43. The highest BCUT2D eigenvalue weighted by molar-refractivity contribution is 5.94. The van der Waals surface area contributed by atoms with Crippen molar-refractivity contribution in [3.8, 4) is 0 Å². The van der Waals surface area contributed by atoms with Gasteiger partial charge in [-0.25, -0.2) is 0 Å². The van der Waals surface area contributed by atoms with Crippen molar-refractivity contribution in [1.29, 1.82) is 0 Å². The molecule has 5 nitrogen and oxygen atoms in total. The maximum Gasteiger partial charge on any atom is 0.261 e. The van der Waals surface area contributed by atoms with Gasteiger partial charge < -0.3 is 10.3 Å². The fraction of sp³-hybridized carbons (Fsp3) is 0.421. The van der Waals surface area contributed by atoms with E-state index in [4.69, 9.17) is 0 Å². The first-order valence-corrected chi connectivity index (χ1v) is 8.43. The van der Waals surface area contributed by atoms with Crippen molar-refractivity contribution in [2.75, 3.05) is 0 Å². The normalized spacial score (nSPS) is 15.3. The lowest BCUT2D eigenvalue weighted by atomic mass is 10.0. The molecule has 2 N–H and O–H groups in total. The number of aryl methyl sites for hydroxylation is 1. The molecule has 2 heterocycles. The maximum atomic E-state index is 12.6. The smallest absolute Gasteiger partial charge is 0.261 e. The zero-order chi connectivity index (χ0) is 17.3. The van der Waals surface area contributed by atoms with Crippen LogP contribution in [0.3, 0.4) is 0 Å². The van der Waals surface area contributed by atoms with E-state index in [-0.39, 0.29) is 29.0 Å². The number of pyridine rings is 2. The van der Waals surface area contributed by atoms with Gasteiger partial charge in [0, 0.05) is 11.9 Å². The Morgan fingerprint density at radius 2 is 2.04 bits per heavy atom. The number of aromatic amines is 1. The molecule has 0 saturated heterocycles. The maximum absolute atomic E-state index is 12.6. The predicted octanol–water partition coefficient (Wildman–Crippen LogP) is 3.08. The van der Waals surface area contributed by atoms with E-state index in [0.29, 0.717) is 5.92 Å². The first-order chi connectivity index (χ1) is 11.5. The van der Waals surface area contributed by atoms with Crippen molar-refractivity contribution in [2.45, 2.75) is 45.6 Å². The topological polar surface area (TPSA) is 74.8 Å². The Labute approximate surface area is 141 Å². The average molecular weight is 325 g/mol. The Morgan fingerprint density at radius 3 is 2.62 bits per heavy atom. The third-order valence-corrected chi connectivity index (χ3v) is 4.52. The minimum atomic E-state index is -0.342. The van der Waals surface area contributed by atoms with Crippen LogP contribution < -0.4 is 10.9 Å². The Balaban J connectivity index is 1.85. The van der Waals surface area contributed by atoms with Gasteiger partial charge in [-0.3, -0.25) is 14.6 Å². The van der Waals surface area contributed by atoms with Gasteiger partial charge in [-0.05, 0) is 55.4 Å². The molecule has 0 bridgehead atoms. The van der Waals surface area contributed by atoms with Crippen LogP contribution in [0.2, 0.25) is 0 Å². The van der Waals surface area contributed by atoms with Crippen LogP contribution in [-0.4, -0.2) is 15.9 Å². The Bertz CT molecular complexity index is 806. The van der Waals surface area contributed by atoms with Crippen molar-refractivity contribution in [1.82, 2.24) is 15.3 Å². The lowest BCUT2D eigenvalue weighted by molar-refractivity contribution is 0.0929. The number of carbonyl (C=O) groups is 1. The number of amides is 1. The largest absolute Gasteiger partial charge is 0.343 e. The zero-order valence-corrected chi connectivity index (χ0v) is 14.3. The highest BCUT2D eigenvalue weighted by Gasteiger charge is 2.35. The van der Waals surface area contributed by atoms with Gasteiger partial charge >= 0.3 is 0 Å². The molecule has 1 aliphatic carbocycles. The molecule has 5 heteroatoms. The molecule has 0 aliphatic heterocycles. The molecule has 126 valence electrons. The number of H-pyrrole nitrogens is 1. The molecule has 3 rings (SSSR count). The van der Waals surface area contributed by atoms with E-state index in [0.717, 1.165) is 29.8 Å². The fourth-order valence-corrected chi connectivity index (χ4v) is 2.89. The predicted molar refractivity (Wildman–Crippen MR) is 93.1 cm³/mol. The minimum absolute atomic E-state index is 0.136. The van der Waals surface area contributed by atoms with Crippen molar-refractivity contribution >= 4 is 5.91 Å². The van der Waals surface area contributed by atoms with E-state index >= 15 is 0 Å². The molecule has 2 aromatic rings. The van der Waals surface area contributed by atoms with Crippen LogP contribution in [0, 0.1) is 12.8 Å². The SMILES string of the molecule is Cc1cccnc1[C@H](NC(=O)c1ccc(C(C)C)[nH]c1=O)C1CC1. The molecule has 1 aliphatic rings. The Morgan fingerprint density at radius 1 is 1.29 bits per heavy atom. The van der Waals surface area contributed by atoms with Gasteiger partial charge in [0.2, 0.25) is 0 Å². The Kier molecular flexibility index (Phi) is 4.51. The molecule has 0 radical (unpaired) electrons. The van der Waals surface area contributed by atoms with E-state index in [2.05, 4.69) is 15.3 Å². The van der Waals surface area contributed by atoms with Crippen LogP contribution in [0.1, 0.15) is 66.0 Å². The standard InChI is InChI=1S/C19H23N3O2/c1-11(2)15-9-8-14(18(23)21-15)19(24)22-17(13-6-7-13)16-12(3)5-4-10-20-16/h4-5,8-11,13,17H,6-7H2,1-3H3,(H,21,23)(H,22,24)/t17-/m1/s1. The van der Waals surface area contributed by atoms with Crippen LogP contribution in [0.15, 0.2) is 35.3 Å². The third kappa shape index (κ3) is 3.40. The van der Waals surface area contributed by atoms with Gasteiger partial charge in [-0.15, -0.1) is 0 Å². The number of hydrogen-bond donors (Lipinski definition) is 2. The number of aromatic nitrogens is 2. The summed E-state index contributed by atoms with van der Waals surface area (Å²) < 4.78 is 0. The fourth-order valence-electron chi connectivity index (χ4n) is 2.89. The molecular weight excluding hydrogens is 302 g/mol. The van der Waals surface area contributed by atoms with Gasteiger partial charge in [0.1, 0.15) is 5.56 Å². The highest BCUT2D eigenvalue weighted by Crippen LogP contribution is 2.41. The van der Waals surface area contributed by atoms with Crippen molar-refractivity contribution in [2.24, 2.45) is 5.92 Å². The number of nitrogens with one attached hydrogen (secondary N) is 2. The average Bonchev–Trinajstić information content (AvgIpc) is 3.37. The third-order valence-electron chi connectivity index (χ3n) is 4.52. The summed E-state index contributed by atoms with van der Waals surface area (Å²) in [7, 11) is 0. The summed E-state index contributed by atoms with van der Waals surface area (Å²) in [5, 5.41) is 3.02. The second kappa shape index (κ2) is 6.59. The lowest BCUT2D eigenvalue weighted by Crippen LogP contribution is -2.34. The van der Waals surface area contributed by atoms with Crippen molar-refractivity contribution in [3.63, 3.8) is 0 Å². The van der Waals surface area contributed by atoms with Gasteiger partial charge in [-0.2, -0.15) is 0 Å². The summed E-state index contributed by atoms with van der Waals surface area (Å²) in [4.78, 5) is 32.1. The molecule has 0 unspecified atom stereocenters. The summed E-state index contributed by atoms with van der Waals surface area (Å²) in [6.45, 7) is 5.99. The van der Waals surface area contributed by atoms with Crippen LogP contribution in [0.4, 0.5) is 0 Å². The first-order valence-electron chi connectivity index (χ1n) is 8.43. The second-order valence-electron chi connectivity index (χ2n) is 6.81. The molecule has 24 heavy (non-hydrogen) atoms. The zero-order valence-electron chi connectivity index (χ0n) is 14.3. The summed E-state index contributed by atoms with van der Waals surface area (Å²) in [5.41, 5.74) is 2.59. The van der Waals surface area contributed by atoms with Gasteiger partial charge in [0.15, 0.2) is 0 Å². The summed E-state index contributed by atoms with van der Waals surface area (Å²) in [6.07, 6.45) is 3.89. The van der Waals surface area contributed by atoms with Gasteiger partial charge in [-0.1, -0.05) is 19.9 Å². The molecule has 0 aromatic carbocycles. The molecular formula is C19H23N3O2. The molecule has 1 atom stereocenters. The molecule has 1 fully saturated rings. The van der Waals surface area contributed by atoms with Crippen LogP contribution in [-0.2, 0) is 0 Å². The lowest BCUT2D eigenvalue weighted by Gasteiger charge is -2.19. The molecule has 2 aromatic heterocycles. The number of hydrogen-bond acceptors (Lipinski definition) is 3. The van der Waals surface area contributed by atoms with Crippen LogP contribution >= 0.6 is 0 Å². The summed E-state index contributed by atoms with van der Waals surface area (Å²) >= 11 is 0. The number of carbonyl (C=O) groups excluding carboxylic acids is 1. The number of nitrogens with zero attached hydrogens (tertiary/aromatic N) is 1. The van der Waals surface area contributed by atoms with E-state index in [1.807, 2.05) is 32.9 Å². The molecule has 0 spiro atoms. The van der Waals surface area contributed by atoms with Crippen molar-refractivity contribution in [3.05, 3.63) is 63.3 Å². The quantitative estimate of drug-likeness (QED) is 0.887. The van der Waals surface area contributed by atoms with E-state index < -0.39 is 0 Å². The van der Waals surface area contributed by atoms with Gasteiger partial charge in [0.25, 0.3) is 11.5 Å². The van der Waals surface area contributed by atoms with E-state index in [1.165, 1.54) is 0 Å². The van der Waals surface area contributed by atoms with Crippen LogP contribution in [0.5, 0.6) is 0 Å². The second-order valence-corrected chi connectivity index (χ2v) is 6.81.